The molecule has 0 spiro atoms. The summed E-state index contributed by atoms with van der Waals surface area (Å²) in [4.78, 5) is 13.9. The zero-order valence-corrected chi connectivity index (χ0v) is 25.2. The Balaban J connectivity index is 1.85. The Hall–Kier alpha value is -3.64. The first-order valence-corrected chi connectivity index (χ1v) is 15.9. The summed E-state index contributed by atoms with van der Waals surface area (Å²) in [6.45, 7) is 11.9. The van der Waals surface area contributed by atoms with Crippen molar-refractivity contribution in [3.8, 4) is 22.8 Å². The minimum Gasteiger partial charge on any atom is -0.493 e. The van der Waals surface area contributed by atoms with E-state index in [1.165, 1.54) is 14.2 Å². The van der Waals surface area contributed by atoms with Gasteiger partial charge >= 0.3 is 0 Å². The molecule has 9 nitrogen and oxygen atoms in total. The Labute approximate surface area is 233 Å². The van der Waals surface area contributed by atoms with Crippen LogP contribution in [0.2, 0.25) is 18.1 Å². The lowest BCUT2D eigenvalue weighted by molar-refractivity contribution is 0.275. The quantitative estimate of drug-likeness (QED) is 0.188. The highest BCUT2D eigenvalue weighted by Crippen LogP contribution is 2.37. The van der Waals surface area contributed by atoms with E-state index in [9.17, 15) is 0 Å². The Kier molecular flexibility index (Phi) is 8.40. The van der Waals surface area contributed by atoms with Gasteiger partial charge in [-0.2, -0.15) is 5.10 Å². The molecule has 0 aliphatic heterocycles. The third kappa shape index (κ3) is 5.92. The molecule has 0 unspecified atom stereocenters. The summed E-state index contributed by atoms with van der Waals surface area (Å²) in [6, 6.07) is 4.55. The van der Waals surface area contributed by atoms with E-state index in [2.05, 4.69) is 48.9 Å². The average molecular weight is 571 g/mol. The van der Waals surface area contributed by atoms with Crippen molar-refractivity contribution in [1.29, 1.82) is 0 Å². The van der Waals surface area contributed by atoms with E-state index in [1.807, 2.05) is 17.8 Å². The van der Waals surface area contributed by atoms with Crippen LogP contribution in [-0.2, 0) is 18.0 Å². The maximum absolute atomic E-state index is 15.2. The number of rotatable bonds is 9. The molecule has 40 heavy (non-hydrogen) atoms. The summed E-state index contributed by atoms with van der Waals surface area (Å²) in [7, 11) is 2.47. The van der Waals surface area contributed by atoms with Gasteiger partial charge in [0.1, 0.15) is 16.7 Å². The first kappa shape index (κ1) is 29.3. The lowest BCUT2D eigenvalue weighted by Gasteiger charge is -2.36. The summed E-state index contributed by atoms with van der Waals surface area (Å²) in [5.41, 5.74) is 2.32. The summed E-state index contributed by atoms with van der Waals surface area (Å²) in [6.07, 6.45) is 5.85. The van der Waals surface area contributed by atoms with Gasteiger partial charge in [-0.3, -0.25) is 9.67 Å². The third-order valence-electron chi connectivity index (χ3n) is 7.28. The van der Waals surface area contributed by atoms with Crippen LogP contribution in [0.15, 0.2) is 41.8 Å². The Morgan fingerprint density at radius 1 is 1.02 bits per heavy atom. The van der Waals surface area contributed by atoms with Gasteiger partial charge in [-0.25, -0.2) is 18.8 Å². The van der Waals surface area contributed by atoms with Crippen LogP contribution in [0.25, 0.3) is 22.4 Å². The number of methoxy groups -OCH3 is 2. The van der Waals surface area contributed by atoms with Crippen LogP contribution in [0.4, 0.5) is 14.5 Å². The van der Waals surface area contributed by atoms with Gasteiger partial charge in [-0.15, -0.1) is 0 Å². The molecule has 1 aromatic carbocycles. The highest BCUT2D eigenvalue weighted by Gasteiger charge is 2.36. The molecule has 0 fully saturated rings. The molecule has 4 aromatic rings. The van der Waals surface area contributed by atoms with Crippen molar-refractivity contribution < 1.29 is 22.7 Å². The van der Waals surface area contributed by atoms with E-state index in [-0.39, 0.29) is 16.5 Å². The number of halogens is 2. The molecule has 0 saturated carbocycles. The van der Waals surface area contributed by atoms with Crippen LogP contribution in [0.5, 0.6) is 11.5 Å². The summed E-state index contributed by atoms with van der Waals surface area (Å²) in [5, 5.41) is 4.30. The van der Waals surface area contributed by atoms with E-state index in [0.717, 1.165) is 11.6 Å². The van der Waals surface area contributed by atoms with Gasteiger partial charge in [-0.1, -0.05) is 20.8 Å². The van der Waals surface area contributed by atoms with E-state index in [0.29, 0.717) is 41.9 Å². The third-order valence-corrected chi connectivity index (χ3v) is 11.8. The zero-order chi connectivity index (χ0) is 29.2. The smallest absolute Gasteiger partial charge is 0.193 e. The fourth-order valence-corrected chi connectivity index (χ4v) is 5.01. The van der Waals surface area contributed by atoms with E-state index in [4.69, 9.17) is 18.9 Å². The van der Waals surface area contributed by atoms with Gasteiger partial charge in [0.15, 0.2) is 37.1 Å². The van der Waals surface area contributed by atoms with Crippen molar-refractivity contribution >= 4 is 25.2 Å². The normalized spacial score (nSPS) is 12.8. The molecule has 0 radical (unpaired) electrons. The van der Waals surface area contributed by atoms with Crippen molar-refractivity contribution in [1.82, 2.24) is 24.3 Å². The molecular weight excluding hydrogens is 534 g/mol. The predicted octanol–water partition coefficient (Wildman–Crippen LogP) is 5.77. The zero-order valence-electron chi connectivity index (χ0n) is 24.2. The van der Waals surface area contributed by atoms with Crippen LogP contribution in [0, 0.1) is 11.6 Å². The van der Waals surface area contributed by atoms with Crippen molar-refractivity contribution in [2.75, 3.05) is 20.8 Å². The van der Waals surface area contributed by atoms with Crippen molar-refractivity contribution in [3.05, 3.63) is 53.9 Å². The second-order valence-corrected chi connectivity index (χ2v) is 15.9. The number of ether oxygens (including phenoxy) is 2. The molecular formula is C28H36F2N6O3Si. The maximum Gasteiger partial charge on any atom is 0.193 e. The molecule has 0 saturated heterocycles. The van der Waals surface area contributed by atoms with Crippen LogP contribution in [0.3, 0.4) is 0 Å². The largest absolute Gasteiger partial charge is 0.493 e. The topological polar surface area (TPSA) is 88.6 Å². The molecule has 3 aromatic heterocycles. The number of benzene rings is 1. The van der Waals surface area contributed by atoms with Crippen LogP contribution >= 0.6 is 0 Å². The molecule has 0 atom stereocenters. The lowest BCUT2D eigenvalue weighted by atomic mass is 10.2. The number of pyridine rings is 1. The summed E-state index contributed by atoms with van der Waals surface area (Å²) < 4.78 is 50.5. The first-order valence-electron chi connectivity index (χ1n) is 13.0. The Bertz CT molecular complexity index is 1570. The van der Waals surface area contributed by atoms with Crippen molar-refractivity contribution in [3.63, 3.8) is 0 Å². The predicted molar refractivity (Wildman–Crippen MR) is 152 cm³/mol. The molecule has 0 aliphatic carbocycles. The van der Waals surface area contributed by atoms with Crippen LogP contribution in [-0.4, -0.2) is 53.5 Å². The lowest BCUT2D eigenvalue weighted by Crippen LogP contribution is -2.41. The molecule has 4 rings (SSSR count). The molecule has 0 aliphatic rings. The fraction of sp³-hybridized carbons (Fsp3) is 0.429. The molecule has 214 valence electrons. The number of fused-ring (bicyclic) bond motifs is 1. The maximum atomic E-state index is 15.2. The summed E-state index contributed by atoms with van der Waals surface area (Å²) in [5.74, 6) is -2.20. The van der Waals surface area contributed by atoms with Gasteiger partial charge in [0.2, 0.25) is 0 Å². The number of hydrogen-bond acceptors (Lipinski definition) is 7. The van der Waals surface area contributed by atoms with Crippen LogP contribution < -0.4 is 15.0 Å². The van der Waals surface area contributed by atoms with Crippen molar-refractivity contribution in [2.45, 2.75) is 51.9 Å². The van der Waals surface area contributed by atoms with E-state index < -0.39 is 25.6 Å². The number of nitrogens with zero attached hydrogens (tertiary/aromatic N) is 6. The number of aryl methyl sites for hydroxylation is 2. The fourth-order valence-electron chi connectivity index (χ4n) is 3.92. The molecule has 0 amide bonds. The van der Waals surface area contributed by atoms with Crippen LogP contribution in [0.1, 0.15) is 27.2 Å². The van der Waals surface area contributed by atoms with E-state index >= 15 is 8.78 Å². The van der Waals surface area contributed by atoms with Gasteiger partial charge in [0.25, 0.3) is 0 Å². The number of hydrogen-bond donors (Lipinski definition) is 0. The highest BCUT2D eigenvalue weighted by atomic mass is 28.4. The Morgan fingerprint density at radius 2 is 1.70 bits per heavy atom. The average Bonchev–Trinajstić information content (AvgIpc) is 3.35. The second-order valence-electron chi connectivity index (χ2n) is 11.0. The standard InChI is InChI=1S/C28H36F2N6O3Si/c1-28(2,3)40(7,8)39-13-9-12-36-23(34-26-24(29)21(37-5)14-22(38-6)25(26)30)11-10-19-27(36)33-20(16-31-19)18-15-32-35(4)17-18/h10-11,14-17H,9,12-13H2,1-8H3/b34-23+. The minimum absolute atomic E-state index is 0.0741. The van der Waals surface area contributed by atoms with Gasteiger partial charge in [0.05, 0.1) is 32.3 Å². The van der Waals surface area contributed by atoms with Crippen molar-refractivity contribution in [2.24, 2.45) is 12.0 Å². The van der Waals surface area contributed by atoms with E-state index in [1.54, 1.807) is 29.2 Å². The monoisotopic (exact) mass is 570 g/mol. The van der Waals surface area contributed by atoms with Gasteiger partial charge in [0, 0.05) is 38.0 Å². The second kappa shape index (κ2) is 11.5. The molecule has 0 bridgehead atoms. The van der Waals surface area contributed by atoms with Gasteiger partial charge < -0.3 is 18.5 Å². The van der Waals surface area contributed by atoms with Gasteiger partial charge in [-0.05, 0) is 36.7 Å². The molecule has 3 heterocycles. The minimum atomic E-state index is -1.95. The number of aromatic nitrogens is 5. The molecule has 0 N–H and O–H groups in total. The first-order chi connectivity index (χ1) is 18.9. The Morgan fingerprint density at radius 3 is 2.27 bits per heavy atom. The summed E-state index contributed by atoms with van der Waals surface area (Å²) >= 11 is 0. The molecule has 12 heteroatoms. The highest BCUT2D eigenvalue weighted by molar-refractivity contribution is 6.74. The SMILES string of the molecule is COc1cc(OC)c(F)c(/N=c2\ccc3ncc(-c4cnn(C)c4)nc3n2CCCO[Si](C)(C)C(C)(C)C)c1F.